The number of aryl methyl sites for hydroxylation is 1. The zero-order valence-electron chi connectivity index (χ0n) is 8.51. The highest BCUT2D eigenvalue weighted by atomic mass is 35.5. The minimum absolute atomic E-state index is 0.272. The van der Waals surface area contributed by atoms with Gasteiger partial charge in [0.15, 0.2) is 0 Å². The standard InChI is InChI=1S/C10H9ClN4O/c1-15-9(5-6-12-15)14-10(16)7-3-2-4-8(11)13-7/h2-6H,1H3,(H,14,16). The molecule has 0 fully saturated rings. The van der Waals surface area contributed by atoms with Gasteiger partial charge in [0, 0.05) is 13.1 Å². The second-order valence-electron chi connectivity index (χ2n) is 3.14. The highest BCUT2D eigenvalue weighted by Gasteiger charge is 2.09. The van der Waals surface area contributed by atoms with Gasteiger partial charge < -0.3 is 5.32 Å². The molecule has 0 spiro atoms. The molecule has 1 amide bonds. The molecule has 2 rings (SSSR count). The number of anilines is 1. The summed E-state index contributed by atoms with van der Waals surface area (Å²) >= 11 is 5.69. The summed E-state index contributed by atoms with van der Waals surface area (Å²) in [5.74, 6) is 0.290. The summed E-state index contributed by atoms with van der Waals surface area (Å²) in [6, 6.07) is 6.58. The molecule has 82 valence electrons. The number of carbonyl (C=O) groups is 1. The third kappa shape index (κ3) is 2.20. The van der Waals surface area contributed by atoms with E-state index in [2.05, 4.69) is 15.4 Å². The van der Waals surface area contributed by atoms with Gasteiger partial charge in [-0.2, -0.15) is 5.10 Å². The molecule has 0 bridgehead atoms. The van der Waals surface area contributed by atoms with E-state index in [4.69, 9.17) is 11.6 Å². The zero-order chi connectivity index (χ0) is 11.5. The van der Waals surface area contributed by atoms with Crippen LogP contribution in [0.2, 0.25) is 5.15 Å². The van der Waals surface area contributed by atoms with Gasteiger partial charge in [-0.1, -0.05) is 17.7 Å². The molecule has 16 heavy (non-hydrogen) atoms. The number of rotatable bonds is 2. The van der Waals surface area contributed by atoms with Crippen molar-refractivity contribution in [3.8, 4) is 0 Å². The molecule has 0 radical (unpaired) electrons. The third-order valence-corrected chi connectivity index (χ3v) is 2.22. The fourth-order valence-corrected chi connectivity index (χ4v) is 1.38. The maximum Gasteiger partial charge on any atom is 0.275 e. The number of pyridine rings is 1. The van der Waals surface area contributed by atoms with E-state index in [0.717, 1.165) is 0 Å². The fraction of sp³-hybridized carbons (Fsp3) is 0.100. The van der Waals surface area contributed by atoms with Gasteiger partial charge in [0.2, 0.25) is 0 Å². The van der Waals surface area contributed by atoms with E-state index in [-0.39, 0.29) is 16.8 Å². The molecule has 0 saturated heterocycles. The Morgan fingerprint density at radius 3 is 2.88 bits per heavy atom. The number of amides is 1. The van der Waals surface area contributed by atoms with Crippen LogP contribution in [-0.4, -0.2) is 20.7 Å². The van der Waals surface area contributed by atoms with Gasteiger partial charge in [0.05, 0.1) is 6.20 Å². The highest BCUT2D eigenvalue weighted by Crippen LogP contribution is 2.08. The Bertz CT molecular complexity index is 523. The van der Waals surface area contributed by atoms with Crippen molar-refractivity contribution in [3.63, 3.8) is 0 Å². The molecule has 0 unspecified atom stereocenters. The van der Waals surface area contributed by atoms with Crippen LogP contribution >= 0.6 is 11.6 Å². The Kier molecular flexibility index (Phi) is 2.87. The first-order valence-electron chi connectivity index (χ1n) is 4.59. The zero-order valence-corrected chi connectivity index (χ0v) is 9.27. The molecular formula is C10H9ClN4O. The number of nitrogens with one attached hydrogen (secondary N) is 1. The average Bonchev–Trinajstić information content (AvgIpc) is 2.64. The van der Waals surface area contributed by atoms with Crippen LogP contribution in [0.3, 0.4) is 0 Å². The maximum atomic E-state index is 11.7. The van der Waals surface area contributed by atoms with Gasteiger partial charge >= 0.3 is 0 Å². The van der Waals surface area contributed by atoms with Crippen LogP contribution in [-0.2, 0) is 7.05 Å². The van der Waals surface area contributed by atoms with Crippen LogP contribution in [0.1, 0.15) is 10.5 Å². The van der Waals surface area contributed by atoms with Crippen LogP contribution in [0.25, 0.3) is 0 Å². The number of aromatic nitrogens is 3. The molecule has 6 heteroatoms. The molecule has 0 aromatic carbocycles. The molecule has 2 aromatic heterocycles. The SMILES string of the molecule is Cn1nccc1NC(=O)c1cccc(Cl)n1. The Labute approximate surface area is 97.1 Å². The van der Waals surface area contributed by atoms with Crippen molar-refractivity contribution in [1.29, 1.82) is 0 Å². The largest absolute Gasteiger partial charge is 0.305 e. The quantitative estimate of drug-likeness (QED) is 0.808. The van der Waals surface area contributed by atoms with E-state index >= 15 is 0 Å². The summed E-state index contributed by atoms with van der Waals surface area (Å²) in [6.45, 7) is 0. The van der Waals surface area contributed by atoms with Gasteiger partial charge in [-0.15, -0.1) is 0 Å². The lowest BCUT2D eigenvalue weighted by molar-refractivity contribution is 0.102. The first kappa shape index (κ1) is 10.6. The Morgan fingerprint density at radius 1 is 1.44 bits per heavy atom. The Morgan fingerprint density at radius 2 is 2.25 bits per heavy atom. The summed E-state index contributed by atoms with van der Waals surface area (Å²) in [7, 11) is 1.74. The van der Waals surface area contributed by atoms with Crippen LogP contribution in [0, 0.1) is 0 Å². The maximum absolute atomic E-state index is 11.7. The molecule has 0 aliphatic rings. The predicted octanol–water partition coefficient (Wildman–Crippen LogP) is 1.72. The molecule has 2 heterocycles. The number of hydrogen-bond donors (Lipinski definition) is 1. The van der Waals surface area contributed by atoms with E-state index < -0.39 is 0 Å². The molecular weight excluding hydrogens is 228 g/mol. The normalized spacial score (nSPS) is 10.1. The van der Waals surface area contributed by atoms with Crippen molar-refractivity contribution < 1.29 is 4.79 Å². The fourth-order valence-electron chi connectivity index (χ4n) is 1.21. The number of halogens is 1. The van der Waals surface area contributed by atoms with Gasteiger partial charge in [-0.3, -0.25) is 9.48 Å². The van der Waals surface area contributed by atoms with Crippen LogP contribution < -0.4 is 5.32 Å². The lowest BCUT2D eigenvalue weighted by Gasteiger charge is -2.04. The smallest absolute Gasteiger partial charge is 0.275 e. The monoisotopic (exact) mass is 236 g/mol. The van der Waals surface area contributed by atoms with Crippen molar-refractivity contribution >= 4 is 23.3 Å². The second kappa shape index (κ2) is 4.32. The number of hydrogen-bond acceptors (Lipinski definition) is 3. The Hall–Kier alpha value is -1.88. The minimum atomic E-state index is -0.314. The van der Waals surface area contributed by atoms with Crippen molar-refractivity contribution in [2.24, 2.45) is 7.05 Å². The average molecular weight is 237 g/mol. The van der Waals surface area contributed by atoms with Crippen molar-refractivity contribution in [2.45, 2.75) is 0 Å². The third-order valence-electron chi connectivity index (χ3n) is 2.01. The van der Waals surface area contributed by atoms with Crippen LogP contribution in [0.5, 0.6) is 0 Å². The van der Waals surface area contributed by atoms with Gasteiger partial charge in [0.1, 0.15) is 16.7 Å². The second-order valence-corrected chi connectivity index (χ2v) is 3.53. The summed E-state index contributed by atoms with van der Waals surface area (Å²) < 4.78 is 1.56. The summed E-state index contributed by atoms with van der Waals surface area (Å²) in [5, 5.41) is 6.90. The van der Waals surface area contributed by atoms with Gasteiger partial charge in [-0.05, 0) is 12.1 Å². The van der Waals surface area contributed by atoms with E-state index in [1.165, 1.54) is 0 Å². The topological polar surface area (TPSA) is 59.8 Å². The van der Waals surface area contributed by atoms with Gasteiger partial charge in [0.25, 0.3) is 5.91 Å². The summed E-state index contributed by atoms with van der Waals surface area (Å²) in [6.07, 6.45) is 1.60. The Balaban J connectivity index is 2.18. The van der Waals surface area contributed by atoms with Gasteiger partial charge in [-0.25, -0.2) is 4.98 Å². The summed E-state index contributed by atoms with van der Waals surface area (Å²) in [5.41, 5.74) is 0.272. The molecule has 2 aromatic rings. The lowest BCUT2D eigenvalue weighted by Crippen LogP contribution is -2.15. The first-order valence-corrected chi connectivity index (χ1v) is 4.96. The van der Waals surface area contributed by atoms with Crippen molar-refractivity contribution in [2.75, 3.05) is 5.32 Å². The lowest BCUT2D eigenvalue weighted by atomic mass is 10.3. The first-order chi connectivity index (χ1) is 7.66. The van der Waals surface area contributed by atoms with E-state index in [0.29, 0.717) is 5.82 Å². The number of nitrogens with zero attached hydrogens (tertiary/aromatic N) is 3. The predicted molar refractivity (Wildman–Crippen MR) is 60.4 cm³/mol. The highest BCUT2D eigenvalue weighted by molar-refractivity contribution is 6.29. The molecule has 5 nitrogen and oxygen atoms in total. The van der Waals surface area contributed by atoms with E-state index in [9.17, 15) is 4.79 Å². The summed E-state index contributed by atoms with van der Waals surface area (Å²) in [4.78, 5) is 15.7. The molecule has 0 aliphatic carbocycles. The van der Waals surface area contributed by atoms with Crippen molar-refractivity contribution in [3.05, 3.63) is 41.3 Å². The van der Waals surface area contributed by atoms with Crippen LogP contribution in [0.15, 0.2) is 30.5 Å². The molecule has 0 saturated carbocycles. The van der Waals surface area contributed by atoms with Crippen LogP contribution in [0.4, 0.5) is 5.82 Å². The van der Waals surface area contributed by atoms with Crippen molar-refractivity contribution in [1.82, 2.24) is 14.8 Å². The molecule has 1 N–H and O–H groups in total. The van der Waals surface area contributed by atoms with E-state index in [1.807, 2.05) is 0 Å². The van der Waals surface area contributed by atoms with E-state index in [1.54, 1.807) is 42.2 Å². The molecule has 0 atom stereocenters. The molecule has 0 aliphatic heterocycles. The minimum Gasteiger partial charge on any atom is -0.305 e. The number of carbonyl (C=O) groups excluding carboxylic acids is 1.